The largest absolute Gasteiger partial charge is 0.485 e. The molecular weight excluding hydrogens is 304 g/mol. The summed E-state index contributed by atoms with van der Waals surface area (Å²) >= 11 is 0. The summed E-state index contributed by atoms with van der Waals surface area (Å²) in [4.78, 5) is 12.3. The van der Waals surface area contributed by atoms with Crippen LogP contribution in [0, 0.1) is 0 Å². The topological polar surface area (TPSA) is 59.9 Å². The average molecular weight is 322 g/mol. The number of rotatable bonds is 2. The SMILES string of the molecule is O=C(N/N=C1\CCCc2ccccc21)C1COc2ccccc2O1. The van der Waals surface area contributed by atoms with E-state index in [1.807, 2.05) is 30.3 Å². The molecule has 5 nitrogen and oxygen atoms in total. The molecule has 4 rings (SSSR count). The number of hydrogen-bond acceptors (Lipinski definition) is 4. The molecule has 1 aliphatic heterocycles. The molecule has 1 heterocycles. The summed E-state index contributed by atoms with van der Waals surface area (Å²) in [5.41, 5.74) is 5.96. The molecule has 1 aliphatic carbocycles. The normalized spacial score (nSPS) is 20.3. The van der Waals surface area contributed by atoms with E-state index in [1.54, 1.807) is 6.07 Å². The van der Waals surface area contributed by atoms with E-state index in [0.29, 0.717) is 11.5 Å². The van der Waals surface area contributed by atoms with Gasteiger partial charge in [0.25, 0.3) is 5.91 Å². The third kappa shape index (κ3) is 2.85. The van der Waals surface area contributed by atoms with Crippen LogP contribution in [-0.2, 0) is 11.2 Å². The van der Waals surface area contributed by atoms with Gasteiger partial charge in [-0.25, -0.2) is 5.43 Å². The minimum Gasteiger partial charge on any atom is -0.485 e. The van der Waals surface area contributed by atoms with E-state index in [-0.39, 0.29) is 12.5 Å². The van der Waals surface area contributed by atoms with Crippen molar-refractivity contribution in [1.29, 1.82) is 0 Å². The second-order valence-corrected chi connectivity index (χ2v) is 5.91. The maximum Gasteiger partial charge on any atom is 0.284 e. The molecule has 2 aromatic rings. The number of ether oxygens (including phenoxy) is 2. The highest BCUT2D eigenvalue weighted by Crippen LogP contribution is 2.30. The number of hydrazone groups is 1. The molecule has 0 radical (unpaired) electrons. The highest BCUT2D eigenvalue weighted by Gasteiger charge is 2.27. The lowest BCUT2D eigenvalue weighted by atomic mass is 9.90. The number of hydrogen-bond donors (Lipinski definition) is 1. The van der Waals surface area contributed by atoms with Crippen LogP contribution in [0.5, 0.6) is 11.5 Å². The Balaban J connectivity index is 1.46. The summed E-state index contributed by atoms with van der Waals surface area (Å²) in [6, 6.07) is 15.5. The summed E-state index contributed by atoms with van der Waals surface area (Å²) in [5.74, 6) is 0.952. The van der Waals surface area contributed by atoms with Crippen molar-refractivity contribution in [3.05, 3.63) is 59.7 Å². The van der Waals surface area contributed by atoms with Crippen LogP contribution in [0.2, 0.25) is 0 Å². The van der Waals surface area contributed by atoms with Gasteiger partial charge in [-0.2, -0.15) is 5.10 Å². The predicted octanol–water partition coefficient (Wildman–Crippen LogP) is 2.68. The molecule has 1 amide bonds. The van der Waals surface area contributed by atoms with E-state index in [1.165, 1.54) is 5.56 Å². The maximum absolute atomic E-state index is 12.3. The van der Waals surface area contributed by atoms with E-state index in [0.717, 1.165) is 30.5 Å². The highest BCUT2D eigenvalue weighted by molar-refractivity contribution is 6.03. The molecule has 1 atom stereocenters. The summed E-state index contributed by atoms with van der Waals surface area (Å²) in [7, 11) is 0. The molecule has 0 aromatic heterocycles. The Bertz CT molecular complexity index is 801. The predicted molar refractivity (Wildman–Crippen MR) is 90.4 cm³/mol. The standard InChI is InChI=1S/C19H18N2O3/c22-19(18-12-23-16-10-3-4-11-17(16)24-18)21-20-15-9-5-7-13-6-1-2-8-14(13)15/h1-4,6,8,10-11,18H,5,7,9,12H2,(H,21,22)/b20-15+. The van der Waals surface area contributed by atoms with Gasteiger partial charge in [-0.1, -0.05) is 36.4 Å². The summed E-state index contributed by atoms with van der Waals surface area (Å²) < 4.78 is 11.3. The minimum absolute atomic E-state index is 0.185. The fraction of sp³-hybridized carbons (Fsp3) is 0.263. The third-order valence-corrected chi connectivity index (χ3v) is 4.29. The number of carbonyl (C=O) groups is 1. The fourth-order valence-corrected chi connectivity index (χ4v) is 3.06. The fourth-order valence-electron chi connectivity index (χ4n) is 3.06. The first-order valence-corrected chi connectivity index (χ1v) is 8.14. The molecule has 0 fully saturated rings. The van der Waals surface area contributed by atoms with Crippen LogP contribution in [0.25, 0.3) is 0 Å². The average Bonchev–Trinajstić information content (AvgIpc) is 2.65. The van der Waals surface area contributed by atoms with Gasteiger partial charge in [0.15, 0.2) is 11.5 Å². The second kappa shape index (κ2) is 6.35. The summed E-state index contributed by atoms with van der Waals surface area (Å²) in [6.07, 6.45) is 2.27. The third-order valence-electron chi connectivity index (χ3n) is 4.29. The lowest BCUT2D eigenvalue weighted by Gasteiger charge is -2.25. The highest BCUT2D eigenvalue weighted by atomic mass is 16.6. The molecule has 0 bridgehead atoms. The molecule has 5 heteroatoms. The summed E-state index contributed by atoms with van der Waals surface area (Å²) in [5, 5.41) is 4.34. The summed E-state index contributed by atoms with van der Waals surface area (Å²) in [6.45, 7) is 0.185. The Morgan fingerprint density at radius 2 is 1.83 bits per heavy atom. The van der Waals surface area contributed by atoms with Crippen molar-refractivity contribution in [1.82, 2.24) is 5.43 Å². The number of fused-ring (bicyclic) bond motifs is 2. The number of aryl methyl sites for hydroxylation is 1. The zero-order valence-corrected chi connectivity index (χ0v) is 13.2. The Morgan fingerprint density at radius 1 is 1.04 bits per heavy atom. The van der Waals surface area contributed by atoms with E-state index >= 15 is 0 Å². The van der Waals surface area contributed by atoms with Gasteiger partial charge in [-0.05, 0) is 37.0 Å². The number of para-hydroxylation sites is 2. The first kappa shape index (κ1) is 14.8. The zero-order chi connectivity index (χ0) is 16.4. The van der Waals surface area contributed by atoms with Crippen molar-refractivity contribution in [2.75, 3.05) is 6.61 Å². The quantitative estimate of drug-likeness (QED) is 0.865. The molecule has 0 saturated carbocycles. The van der Waals surface area contributed by atoms with E-state index in [2.05, 4.69) is 22.7 Å². The van der Waals surface area contributed by atoms with Gasteiger partial charge in [0, 0.05) is 5.56 Å². The van der Waals surface area contributed by atoms with Gasteiger partial charge in [-0.3, -0.25) is 4.79 Å². The van der Waals surface area contributed by atoms with E-state index < -0.39 is 6.10 Å². The molecule has 24 heavy (non-hydrogen) atoms. The van der Waals surface area contributed by atoms with Crippen molar-refractivity contribution >= 4 is 11.6 Å². The Kier molecular flexibility index (Phi) is 3.91. The van der Waals surface area contributed by atoms with E-state index in [9.17, 15) is 4.79 Å². The number of nitrogens with zero attached hydrogens (tertiary/aromatic N) is 1. The van der Waals surface area contributed by atoms with Gasteiger partial charge in [0.1, 0.15) is 6.61 Å². The number of carbonyl (C=O) groups excluding carboxylic acids is 1. The molecular formula is C19H18N2O3. The Morgan fingerprint density at radius 3 is 2.75 bits per heavy atom. The van der Waals surface area contributed by atoms with Gasteiger partial charge < -0.3 is 9.47 Å². The van der Waals surface area contributed by atoms with Crippen molar-refractivity contribution < 1.29 is 14.3 Å². The van der Waals surface area contributed by atoms with Crippen LogP contribution < -0.4 is 14.9 Å². The molecule has 1 N–H and O–H groups in total. The number of amides is 1. The maximum atomic E-state index is 12.3. The van der Waals surface area contributed by atoms with Gasteiger partial charge >= 0.3 is 0 Å². The van der Waals surface area contributed by atoms with Crippen molar-refractivity contribution in [2.45, 2.75) is 25.4 Å². The minimum atomic E-state index is -0.692. The van der Waals surface area contributed by atoms with Gasteiger partial charge in [-0.15, -0.1) is 0 Å². The van der Waals surface area contributed by atoms with Crippen LogP contribution in [0.1, 0.15) is 24.0 Å². The van der Waals surface area contributed by atoms with Crippen molar-refractivity contribution in [3.8, 4) is 11.5 Å². The van der Waals surface area contributed by atoms with Crippen LogP contribution >= 0.6 is 0 Å². The molecule has 0 saturated heterocycles. The van der Waals surface area contributed by atoms with Gasteiger partial charge in [0.2, 0.25) is 6.10 Å². The number of benzene rings is 2. The molecule has 2 aliphatic rings. The van der Waals surface area contributed by atoms with Crippen LogP contribution in [0.15, 0.2) is 53.6 Å². The monoisotopic (exact) mass is 322 g/mol. The van der Waals surface area contributed by atoms with Crippen molar-refractivity contribution in [2.24, 2.45) is 5.10 Å². The molecule has 0 spiro atoms. The van der Waals surface area contributed by atoms with Crippen LogP contribution in [0.3, 0.4) is 0 Å². The lowest BCUT2D eigenvalue weighted by Crippen LogP contribution is -2.42. The van der Waals surface area contributed by atoms with E-state index in [4.69, 9.17) is 9.47 Å². The Hall–Kier alpha value is -2.82. The van der Waals surface area contributed by atoms with Crippen LogP contribution in [0.4, 0.5) is 0 Å². The number of nitrogens with one attached hydrogen (secondary N) is 1. The lowest BCUT2D eigenvalue weighted by molar-refractivity contribution is -0.130. The molecule has 2 aromatic carbocycles. The first-order valence-electron chi connectivity index (χ1n) is 8.14. The van der Waals surface area contributed by atoms with Crippen molar-refractivity contribution in [3.63, 3.8) is 0 Å². The smallest absolute Gasteiger partial charge is 0.284 e. The molecule has 122 valence electrons. The first-order chi connectivity index (χ1) is 11.8. The Labute approximate surface area is 140 Å². The zero-order valence-electron chi connectivity index (χ0n) is 13.2. The second-order valence-electron chi connectivity index (χ2n) is 5.91. The van der Waals surface area contributed by atoms with Crippen LogP contribution in [-0.4, -0.2) is 24.3 Å². The molecule has 1 unspecified atom stereocenters. The van der Waals surface area contributed by atoms with Gasteiger partial charge in [0.05, 0.1) is 5.71 Å².